The second-order valence-corrected chi connectivity index (χ2v) is 4.47. The van der Waals surface area contributed by atoms with E-state index < -0.39 is 0 Å². The zero-order valence-electron chi connectivity index (χ0n) is 9.30. The van der Waals surface area contributed by atoms with Crippen molar-refractivity contribution in [3.05, 3.63) is 12.2 Å². The van der Waals surface area contributed by atoms with Gasteiger partial charge in [-0.1, -0.05) is 12.2 Å². The molecule has 0 amide bonds. The Morgan fingerprint density at radius 2 is 1.83 bits per heavy atom. The molecule has 0 spiro atoms. The molecule has 0 fully saturated rings. The van der Waals surface area contributed by atoms with Crippen molar-refractivity contribution < 1.29 is 4.48 Å². The number of hydrogen-bond acceptors (Lipinski definition) is 0. The van der Waals surface area contributed by atoms with Gasteiger partial charge in [-0.3, -0.25) is 0 Å². The van der Waals surface area contributed by atoms with Crippen LogP contribution in [-0.4, -0.2) is 31.7 Å². The minimum Gasteiger partial charge on any atom is -0.329 e. The van der Waals surface area contributed by atoms with Crippen molar-refractivity contribution in [2.45, 2.75) is 39.2 Å². The summed E-state index contributed by atoms with van der Waals surface area (Å²) >= 11 is 0. The second-order valence-electron chi connectivity index (χ2n) is 4.47. The lowest BCUT2D eigenvalue weighted by molar-refractivity contribution is -0.894. The van der Waals surface area contributed by atoms with Crippen LogP contribution < -0.4 is 0 Å². The number of rotatable bonds is 5. The lowest BCUT2D eigenvalue weighted by atomic mass is 10.1. The zero-order chi connectivity index (χ0) is 9.61. The summed E-state index contributed by atoms with van der Waals surface area (Å²) in [6, 6.07) is 0.773. The summed E-state index contributed by atoms with van der Waals surface area (Å²) in [5.41, 5.74) is 0. The van der Waals surface area contributed by atoms with Crippen LogP contribution in [0.1, 0.15) is 33.1 Å². The van der Waals surface area contributed by atoms with Gasteiger partial charge < -0.3 is 4.48 Å². The van der Waals surface area contributed by atoms with Gasteiger partial charge in [0.05, 0.1) is 27.2 Å². The van der Waals surface area contributed by atoms with Gasteiger partial charge >= 0.3 is 0 Å². The molecule has 0 saturated heterocycles. The van der Waals surface area contributed by atoms with E-state index in [2.05, 4.69) is 47.1 Å². The molecule has 0 rings (SSSR count). The molecule has 12 heavy (non-hydrogen) atoms. The third-order valence-electron chi connectivity index (χ3n) is 2.55. The summed E-state index contributed by atoms with van der Waals surface area (Å²) in [6.07, 6.45) is 8.27. The predicted octanol–water partition coefficient (Wildman–Crippen LogP) is 2.83. The van der Waals surface area contributed by atoms with E-state index >= 15 is 0 Å². The van der Waals surface area contributed by atoms with Gasteiger partial charge in [-0.15, -0.1) is 0 Å². The Balaban J connectivity index is 3.51. The van der Waals surface area contributed by atoms with E-state index in [0.29, 0.717) is 0 Å². The Morgan fingerprint density at radius 1 is 1.25 bits per heavy atom. The van der Waals surface area contributed by atoms with Crippen molar-refractivity contribution in [3.8, 4) is 0 Å². The SMILES string of the molecule is CC=CCCCC(C)[N+](C)(C)C. The van der Waals surface area contributed by atoms with Crippen LogP contribution in [0.5, 0.6) is 0 Å². The van der Waals surface area contributed by atoms with Gasteiger partial charge in [0.1, 0.15) is 0 Å². The first-order chi connectivity index (χ1) is 5.48. The van der Waals surface area contributed by atoms with E-state index in [1.165, 1.54) is 19.3 Å². The van der Waals surface area contributed by atoms with Gasteiger partial charge in [-0.2, -0.15) is 0 Å². The van der Waals surface area contributed by atoms with Gasteiger partial charge in [0, 0.05) is 0 Å². The monoisotopic (exact) mass is 170 g/mol. The molecule has 72 valence electrons. The summed E-state index contributed by atoms with van der Waals surface area (Å²) in [5, 5.41) is 0. The average molecular weight is 170 g/mol. The highest BCUT2D eigenvalue weighted by Gasteiger charge is 2.16. The van der Waals surface area contributed by atoms with Crippen LogP contribution in [0.25, 0.3) is 0 Å². The first kappa shape index (κ1) is 11.7. The maximum Gasteiger partial charge on any atom is 0.0855 e. The van der Waals surface area contributed by atoms with E-state index in [4.69, 9.17) is 0 Å². The number of quaternary nitrogens is 1. The third-order valence-corrected chi connectivity index (χ3v) is 2.55. The van der Waals surface area contributed by atoms with Crippen LogP contribution in [0, 0.1) is 0 Å². The van der Waals surface area contributed by atoms with Gasteiger partial charge in [0.25, 0.3) is 0 Å². The van der Waals surface area contributed by atoms with Crippen LogP contribution in [0.3, 0.4) is 0 Å². The van der Waals surface area contributed by atoms with E-state index in [0.717, 1.165) is 10.5 Å². The normalized spacial score (nSPS) is 15.4. The Labute approximate surface area is 77.7 Å². The van der Waals surface area contributed by atoms with Crippen LogP contribution in [0.4, 0.5) is 0 Å². The third kappa shape index (κ3) is 5.36. The maximum absolute atomic E-state index is 2.33. The first-order valence-electron chi connectivity index (χ1n) is 4.90. The highest BCUT2D eigenvalue weighted by molar-refractivity contribution is 4.76. The van der Waals surface area contributed by atoms with Gasteiger partial charge in [-0.05, 0) is 33.1 Å². The Morgan fingerprint density at radius 3 is 2.25 bits per heavy atom. The second kappa shape index (κ2) is 5.36. The molecule has 0 aromatic heterocycles. The molecule has 0 aromatic rings. The molecule has 1 heteroatoms. The number of nitrogens with zero attached hydrogens (tertiary/aromatic N) is 1. The molecule has 1 atom stereocenters. The van der Waals surface area contributed by atoms with Crippen LogP contribution in [0.15, 0.2) is 12.2 Å². The topological polar surface area (TPSA) is 0 Å². The fraction of sp³-hybridized carbons (Fsp3) is 0.818. The van der Waals surface area contributed by atoms with Crippen molar-refractivity contribution in [3.63, 3.8) is 0 Å². The molecule has 0 aliphatic carbocycles. The molecule has 0 aliphatic heterocycles. The van der Waals surface area contributed by atoms with E-state index in [9.17, 15) is 0 Å². The lowest BCUT2D eigenvalue weighted by Crippen LogP contribution is -2.43. The summed E-state index contributed by atoms with van der Waals surface area (Å²) < 4.78 is 1.08. The van der Waals surface area contributed by atoms with Crippen molar-refractivity contribution in [1.29, 1.82) is 0 Å². The van der Waals surface area contributed by atoms with Crippen LogP contribution in [0.2, 0.25) is 0 Å². The summed E-state index contributed by atoms with van der Waals surface area (Å²) in [4.78, 5) is 0. The molecule has 0 N–H and O–H groups in total. The Hall–Kier alpha value is -0.300. The van der Waals surface area contributed by atoms with Crippen molar-refractivity contribution in [2.24, 2.45) is 0 Å². The molecule has 0 aromatic carbocycles. The quantitative estimate of drug-likeness (QED) is 0.338. The lowest BCUT2D eigenvalue weighted by Gasteiger charge is -2.31. The Bertz CT molecular complexity index is 130. The predicted molar refractivity (Wildman–Crippen MR) is 56.2 cm³/mol. The largest absolute Gasteiger partial charge is 0.329 e. The van der Waals surface area contributed by atoms with Crippen molar-refractivity contribution in [2.75, 3.05) is 21.1 Å². The van der Waals surface area contributed by atoms with Gasteiger partial charge in [0.15, 0.2) is 0 Å². The number of allylic oxidation sites excluding steroid dienone is 2. The van der Waals surface area contributed by atoms with E-state index in [1.54, 1.807) is 0 Å². The summed E-state index contributed by atoms with van der Waals surface area (Å²) in [5.74, 6) is 0. The maximum atomic E-state index is 2.33. The standard InChI is InChI=1S/C11H24N/c1-6-7-8-9-10-11(2)12(3,4)5/h6-7,11H,8-10H2,1-5H3/q+1. The number of unbranched alkanes of at least 4 members (excludes halogenated alkanes) is 1. The van der Waals surface area contributed by atoms with Crippen LogP contribution in [-0.2, 0) is 0 Å². The molecule has 0 bridgehead atoms. The summed E-state index contributed by atoms with van der Waals surface area (Å²) in [6.45, 7) is 4.42. The smallest absolute Gasteiger partial charge is 0.0855 e. The highest BCUT2D eigenvalue weighted by atomic mass is 15.3. The summed E-state index contributed by atoms with van der Waals surface area (Å²) in [7, 11) is 6.79. The molecule has 1 nitrogen and oxygen atoms in total. The van der Waals surface area contributed by atoms with Crippen molar-refractivity contribution >= 4 is 0 Å². The minimum atomic E-state index is 0.773. The molecule has 0 aliphatic rings. The molecule has 0 saturated carbocycles. The van der Waals surface area contributed by atoms with Crippen molar-refractivity contribution in [1.82, 2.24) is 0 Å². The van der Waals surface area contributed by atoms with E-state index in [-0.39, 0.29) is 0 Å². The van der Waals surface area contributed by atoms with Crippen LogP contribution >= 0.6 is 0 Å². The first-order valence-corrected chi connectivity index (χ1v) is 4.90. The molecule has 0 heterocycles. The fourth-order valence-electron chi connectivity index (χ4n) is 1.09. The molecule has 1 unspecified atom stereocenters. The molecular formula is C11H24N+. The minimum absolute atomic E-state index is 0.773. The fourth-order valence-corrected chi connectivity index (χ4v) is 1.09. The molecular weight excluding hydrogens is 146 g/mol. The Kier molecular flexibility index (Phi) is 5.23. The number of hydrogen-bond donors (Lipinski definition) is 0. The highest BCUT2D eigenvalue weighted by Crippen LogP contribution is 2.10. The zero-order valence-corrected chi connectivity index (χ0v) is 9.30. The van der Waals surface area contributed by atoms with Gasteiger partial charge in [-0.25, -0.2) is 0 Å². The molecule has 0 radical (unpaired) electrons. The van der Waals surface area contributed by atoms with Gasteiger partial charge in [0.2, 0.25) is 0 Å². The average Bonchev–Trinajstić information content (AvgIpc) is 1.96. The van der Waals surface area contributed by atoms with E-state index in [1.807, 2.05) is 0 Å².